The van der Waals surface area contributed by atoms with Crippen LogP contribution < -0.4 is 10.1 Å². The minimum atomic E-state index is -3.92. The second-order valence-corrected chi connectivity index (χ2v) is 9.27. The monoisotopic (exact) mass is 482 g/mol. The van der Waals surface area contributed by atoms with Crippen molar-refractivity contribution in [3.63, 3.8) is 0 Å². The molecule has 1 fully saturated rings. The van der Waals surface area contributed by atoms with E-state index in [0.717, 1.165) is 0 Å². The average molecular weight is 483 g/mol. The number of sulfonamides is 1. The summed E-state index contributed by atoms with van der Waals surface area (Å²) < 4.78 is 43.0. The Kier molecular flexibility index (Phi) is 7.73. The van der Waals surface area contributed by atoms with Crippen molar-refractivity contribution < 1.29 is 32.2 Å². The minimum absolute atomic E-state index is 0.0243. The lowest BCUT2D eigenvalue weighted by molar-refractivity contribution is -0.123. The van der Waals surface area contributed by atoms with Crippen molar-refractivity contribution in [2.45, 2.75) is 17.9 Å². The molecular formula is C21H23ClN2O7S. The molecule has 9 nitrogen and oxygen atoms in total. The third-order valence-corrected chi connectivity index (χ3v) is 6.92. The summed E-state index contributed by atoms with van der Waals surface area (Å²) in [5.74, 6) is -1.29. The van der Waals surface area contributed by atoms with Gasteiger partial charge in [0.25, 0.3) is 5.91 Å². The molecule has 2 aromatic rings. The zero-order chi connectivity index (χ0) is 23.3. The van der Waals surface area contributed by atoms with Gasteiger partial charge in [-0.1, -0.05) is 11.6 Å². The first-order valence-electron chi connectivity index (χ1n) is 9.75. The van der Waals surface area contributed by atoms with E-state index in [1.54, 1.807) is 24.3 Å². The average Bonchev–Trinajstić information content (AvgIpc) is 2.80. The quantitative estimate of drug-likeness (QED) is 0.603. The Morgan fingerprint density at radius 3 is 2.41 bits per heavy atom. The molecule has 11 heteroatoms. The largest absolute Gasteiger partial charge is 0.495 e. The summed E-state index contributed by atoms with van der Waals surface area (Å²) in [4.78, 5) is 24.8. The number of amides is 1. The van der Waals surface area contributed by atoms with E-state index < -0.39 is 28.0 Å². The standard InChI is InChI=1S/C21H23ClN2O7S/c1-14(20(25)23-17-6-4-16(22)5-7-17)31-21(26)15-3-8-18(29-2)19(13-15)32(27,28)24-9-11-30-12-10-24/h3-8,13-14H,9-12H2,1-2H3,(H,23,25). The maximum absolute atomic E-state index is 13.1. The molecule has 1 unspecified atom stereocenters. The van der Waals surface area contributed by atoms with Crippen molar-refractivity contribution >= 4 is 39.2 Å². The molecule has 0 bridgehead atoms. The fourth-order valence-corrected chi connectivity index (χ4v) is 4.71. The molecule has 0 radical (unpaired) electrons. The summed E-state index contributed by atoms with van der Waals surface area (Å²) in [6.45, 7) is 2.37. The van der Waals surface area contributed by atoms with Crippen LogP contribution in [0.2, 0.25) is 5.02 Å². The van der Waals surface area contributed by atoms with E-state index in [2.05, 4.69) is 5.32 Å². The summed E-state index contributed by atoms with van der Waals surface area (Å²) in [6, 6.07) is 10.4. The number of carbonyl (C=O) groups is 2. The van der Waals surface area contributed by atoms with Crippen molar-refractivity contribution in [3.8, 4) is 5.75 Å². The third-order valence-electron chi connectivity index (χ3n) is 4.75. The van der Waals surface area contributed by atoms with Crippen LogP contribution in [0.4, 0.5) is 5.69 Å². The molecule has 2 aromatic carbocycles. The van der Waals surface area contributed by atoms with E-state index in [0.29, 0.717) is 10.7 Å². The number of methoxy groups -OCH3 is 1. The lowest BCUT2D eigenvalue weighted by Crippen LogP contribution is -2.40. The van der Waals surface area contributed by atoms with E-state index >= 15 is 0 Å². The molecule has 0 aliphatic carbocycles. The summed E-state index contributed by atoms with van der Waals surface area (Å²) in [5, 5.41) is 3.13. The number of nitrogens with one attached hydrogen (secondary N) is 1. The van der Waals surface area contributed by atoms with Gasteiger partial charge in [-0.15, -0.1) is 0 Å². The molecule has 1 atom stereocenters. The van der Waals surface area contributed by atoms with Gasteiger partial charge in [-0.05, 0) is 49.4 Å². The predicted molar refractivity (Wildman–Crippen MR) is 118 cm³/mol. The van der Waals surface area contributed by atoms with Crippen LogP contribution in [0.5, 0.6) is 5.75 Å². The Morgan fingerprint density at radius 1 is 1.12 bits per heavy atom. The van der Waals surface area contributed by atoms with Crippen molar-refractivity contribution in [1.29, 1.82) is 0 Å². The lowest BCUT2D eigenvalue weighted by atomic mass is 10.2. The number of esters is 1. The van der Waals surface area contributed by atoms with Crippen LogP contribution in [0.3, 0.4) is 0 Å². The number of rotatable bonds is 7. The molecule has 3 rings (SSSR count). The van der Waals surface area contributed by atoms with E-state index in [1.165, 1.54) is 36.5 Å². The van der Waals surface area contributed by atoms with Crippen LogP contribution in [0.15, 0.2) is 47.4 Å². The normalized spacial score (nSPS) is 15.6. The highest BCUT2D eigenvalue weighted by atomic mass is 35.5. The molecule has 1 amide bonds. The fourth-order valence-electron chi connectivity index (χ4n) is 2.99. The van der Waals surface area contributed by atoms with Crippen molar-refractivity contribution in [1.82, 2.24) is 4.31 Å². The Morgan fingerprint density at radius 2 is 1.78 bits per heavy atom. The zero-order valence-corrected chi connectivity index (χ0v) is 19.1. The van der Waals surface area contributed by atoms with Crippen molar-refractivity contribution in [3.05, 3.63) is 53.1 Å². The van der Waals surface area contributed by atoms with E-state index in [9.17, 15) is 18.0 Å². The molecular weight excluding hydrogens is 460 g/mol. The van der Waals surface area contributed by atoms with Gasteiger partial charge in [0.1, 0.15) is 10.6 Å². The highest BCUT2D eigenvalue weighted by Gasteiger charge is 2.30. The summed E-state index contributed by atoms with van der Waals surface area (Å²) in [5.41, 5.74) is 0.467. The minimum Gasteiger partial charge on any atom is -0.495 e. The topological polar surface area (TPSA) is 111 Å². The molecule has 1 N–H and O–H groups in total. The number of carbonyl (C=O) groups excluding carboxylic acids is 2. The Bertz CT molecular complexity index is 1080. The van der Waals surface area contributed by atoms with E-state index in [4.69, 9.17) is 25.8 Å². The molecule has 0 saturated carbocycles. The van der Waals surface area contributed by atoms with Crippen LogP contribution in [0.25, 0.3) is 0 Å². The fraction of sp³-hybridized carbons (Fsp3) is 0.333. The Balaban J connectivity index is 1.75. The summed E-state index contributed by atoms with van der Waals surface area (Å²) >= 11 is 5.82. The number of halogens is 1. The Labute approximate surface area is 191 Å². The molecule has 32 heavy (non-hydrogen) atoms. The predicted octanol–water partition coefficient (Wildman–Crippen LogP) is 2.55. The van der Waals surface area contributed by atoms with Gasteiger partial charge in [-0.25, -0.2) is 13.2 Å². The molecule has 1 aliphatic heterocycles. The van der Waals surface area contributed by atoms with Crippen LogP contribution in [0.1, 0.15) is 17.3 Å². The maximum Gasteiger partial charge on any atom is 0.338 e. The second kappa shape index (κ2) is 10.3. The van der Waals surface area contributed by atoms with Crippen LogP contribution in [-0.2, 0) is 24.3 Å². The molecule has 1 saturated heterocycles. The SMILES string of the molecule is COc1ccc(C(=O)OC(C)C(=O)Nc2ccc(Cl)cc2)cc1S(=O)(=O)N1CCOCC1. The van der Waals surface area contributed by atoms with Gasteiger partial charge >= 0.3 is 5.97 Å². The molecule has 0 spiro atoms. The summed E-state index contributed by atoms with van der Waals surface area (Å²) in [6.07, 6.45) is -1.13. The first-order chi connectivity index (χ1) is 15.2. The number of nitrogens with zero attached hydrogens (tertiary/aromatic N) is 1. The van der Waals surface area contributed by atoms with Gasteiger partial charge in [0, 0.05) is 23.8 Å². The van der Waals surface area contributed by atoms with Crippen LogP contribution >= 0.6 is 11.6 Å². The maximum atomic E-state index is 13.1. The first-order valence-corrected chi connectivity index (χ1v) is 11.6. The highest BCUT2D eigenvalue weighted by Crippen LogP contribution is 2.29. The number of hydrogen-bond acceptors (Lipinski definition) is 7. The van der Waals surface area contributed by atoms with E-state index in [1.807, 2.05) is 0 Å². The molecule has 172 valence electrons. The smallest absolute Gasteiger partial charge is 0.338 e. The van der Waals surface area contributed by atoms with Crippen molar-refractivity contribution in [2.75, 3.05) is 38.7 Å². The first kappa shape index (κ1) is 24.0. The highest BCUT2D eigenvalue weighted by molar-refractivity contribution is 7.89. The summed E-state index contributed by atoms with van der Waals surface area (Å²) in [7, 11) is -2.58. The Hall–Kier alpha value is -2.66. The van der Waals surface area contributed by atoms with Gasteiger partial charge in [-0.3, -0.25) is 4.79 Å². The van der Waals surface area contributed by atoms with Crippen LogP contribution in [-0.4, -0.2) is 64.1 Å². The number of benzene rings is 2. The van der Waals surface area contributed by atoms with Gasteiger partial charge in [0.05, 0.1) is 25.9 Å². The third kappa shape index (κ3) is 5.57. The van der Waals surface area contributed by atoms with Crippen molar-refractivity contribution in [2.24, 2.45) is 0 Å². The molecule has 1 aliphatic rings. The molecule has 0 aromatic heterocycles. The van der Waals surface area contributed by atoms with Gasteiger partial charge in [0.2, 0.25) is 10.0 Å². The molecule has 1 heterocycles. The van der Waals surface area contributed by atoms with E-state index in [-0.39, 0.29) is 42.5 Å². The van der Waals surface area contributed by atoms with Gasteiger partial charge in [0.15, 0.2) is 6.10 Å². The second-order valence-electron chi connectivity index (χ2n) is 6.93. The van der Waals surface area contributed by atoms with Gasteiger partial charge in [-0.2, -0.15) is 4.31 Å². The van der Waals surface area contributed by atoms with Gasteiger partial charge < -0.3 is 19.5 Å². The number of anilines is 1. The lowest BCUT2D eigenvalue weighted by Gasteiger charge is -2.26. The zero-order valence-electron chi connectivity index (χ0n) is 17.5. The van der Waals surface area contributed by atoms with Crippen LogP contribution in [0, 0.1) is 0 Å². The number of hydrogen-bond donors (Lipinski definition) is 1. The number of ether oxygens (including phenoxy) is 3. The number of morpholine rings is 1.